The van der Waals surface area contributed by atoms with Crippen LogP contribution in [0, 0.1) is 0 Å². The molecule has 0 N–H and O–H groups in total. The molecule has 1 heterocycles. The van der Waals surface area contributed by atoms with Crippen LogP contribution in [0.2, 0.25) is 0 Å². The molecule has 1 aromatic heterocycles. The summed E-state index contributed by atoms with van der Waals surface area (Å²) in [6, 6.07) is 2.00. The van der Waals surface area contributed by atoms with Gasteiger partial charge in [0, 0.05) is 0 Å². The second kappa shape index (κ2) is 9.11. The first-order chi connectivity index (χ1) is 8.77. The van der Waals surface area contributed by atoms with Gasteiger partial charge in [0.05, 0.1) is 13.7 Å². The average molecular weight is 272 g/mol. The highest BCUT2D eigenvalue weighted by Gasteiger charge is 2.52. The Morgan fingerprint density at radius 1 is 1.33 bits per heavy atom. The summed E-state index contributed by atoms with van der Waals surface area (Å²) >= 11 is 1.63. The lowest BCUT2D eigenvalue weighted by Crippen LogP contribution is -2.27. The molecule has 0 bridgehead atoms. The van der Waals surface area contributed by atoms with Crippen LogP contribution >= 0.6 is 11.3 Å². The molecule has 1 saturated carbocycles. The Labute approximate surface area is 114 Å². The number of methoxy groups -OCH3 is 1. The predicted octanol–water partition coefficient (Wildman–Crippen LogP) is 4.02. The van der Waals surface area contributed by atoms with Crippen molar-refractivity contribution in [1.82, 2.24) is 0 Å². The number of carbonyl (C=O) groups excluding carboxylic acids is 1. The molecule has 0 radical (unpaired) electrons. The van der Waals surface area contributed by atoms with Gasteiger partial charge in [0.1, 0.15) is 0 Å². The smallest absolute Gasteiger partial charge is 0.338 e. The SMILES string of the molecule is CC.CC.COC(=O)C1(OCc2ccsc2)CC1. The summed E-state index contributed by atoms with van der Waals surface area (Å²) in [6.07, 6.45) is 1.56. The van der Waals surface area contributed by atoms with E-state index in [0.29, 0.717) is 6.61 Å². The number of carbonyl (C=O) groups is 1. The average Bonchev–Trinajstić information content (AvgIpc) is 3.07. The number of esters is 1. The van der Waals surface area contributed by atoms with Gasteiger partial charge in [-0.05, 0) is 35.2 Å². The van der Waals surface area contributed by atoms with Gasteiger partial charge in [-0.1, -0.05) is 27.7 Å². The molecule has 1 aliphatic rings. The van der Waals surface area contributed by atoms with Gasteiger partial charge in [-0.2, -0.15) is 11.3 Å². The largest absolute Gasteiger partial charge is 0.467 e. The van der Waals surface area contributed by atoms with Crippen LogP contribution in [-0.2, 0) is 20.9 Å². The van der Waals surface area contributed by atoms with Gasteiger partial charge in [-0.15, -0.1) is 0 Å². The summed E-state index contributed by atoms with van der Waals surface area (Å²) in [6.45, 7) is 8.50. The van der Waals surface area contributed by atoms with Crippen LogP contribution in [0.4, 0.5) is 0 Å². The van der Waals surface area contributed by atoms with Crippen LogP contribution in [0.15, 0.2) is 16.8 Å². The predicted molar refractivity (Wildman–Crippen MR) is 75.8 cm³/mol. The molecule has 0 amide bonds. The molecule has 0 unspecified atom stereocenters. The molecule has 1 aromatic rings. The third kappa shape index (κ3) is 4.78. The van der Waals surface area contributed by atoms with E-state index in [4.69, 9.17) is 4.74 Å². The Hall–Kier alpha value is -0.870. The first-order valence-electron chi connectivity index (χ1n) is 6.50. The minimum Gasteiger partial charge on any atom is -0.467 e. The third-order valence-corrected chi connectivity index (χ3v) is 3.09. The van der Waals surface area contributed by atoms with Crippen molar-refractivity contribution in [3.63, 3.8) is 0 Å². The number of hydrogen-bond donors (Lipinski definition) is 0. The molecule has 104 valence electrons. The van der Waals surface area contributed by atoms with Gasteiger partial charge in [-0.3, -0.25) is 0 Å². The number of thiophene rings is 1. The minimum absolute atomic E-state index is 0.243. The molecule has 0 saturated heterocycles. The van der Waals surface area contributed by atoms with Crippen molar-refractivity contribution in [2.45, 2.75) is 52.7 Å². The summed E-state index contributed by atoms with van der Waals surface area (Å²) in [5.74, 6) is -0.243. The summed E-state index contributed by atoms with van der Waals surface area (Å²) in [5.41, 5.74) is 0.488. The lowest BCUT2D eigenvalue weighted by atomic mass is 10.3. The Balaban J connectivity index is 0.000000659. The van der Waals surface area contributed by atoms with E-state index < -0.39 is 5.60 Å². The van der Waals surface area contributed by atoms with Gasteiger partial charge >= 0.3 is 5.97 Å². The van der Waals surface area contributed by atoms with E-state index in [2.05, 4.69) is 4.74 Å². The molecule has 1 aliphatic carbocycles. The van der Waals surface area contributed by atoms with Crippen molar-refractivity contribution in [3.8, 4) is 0 Å². The summed E-state index contributed by atoms with van der Waals surface area (Å²) in [4.78, 5) is 11.3. The van der Waals surface area contributed by atoms with Gasteiger partial charge in [-0.25, -0.2) is 4.79 Å². The highest BCUT2D eigenvalue weighted by molar-refractivity contribution is 7.07. The van der Waals surface area contributed by atoms with Gasteiger partial charge < -0.3 is 9.47 Å². The van der Waals surface area contributed by atoms with Crippen molar-refractivity contribution in [3.05, 3.63) is 22.4 Å². The zero-order valence-electron chi connectivity index (χ0n) is 12.0. The molecule has 1 fully saturated rings. The normalized spacial score (nSPS) is 14.5. The number of ether oxygens (including phenoxy) is 2. The fourth-order valence-corrected chi connectivity index (χ4v) is 1.96. The Bertz CT molecular complexity index is 316. The van der Waals surface area contributed by atoms with Crippen LogP contribution < -0.4 is 0 Å². The van der Waals surface area contributed by atoms with Crippen LogP contribution in [0.25, 0.3) is 0 Å². The second-order valence-electron chi connectivity index (χ2n) is 3.41. The lowest BCUT2D eigenvalue weighted by Gasteiger charge is -2.12. The van der Waals surface area contributed by atoms with Crippen LogP contribution in [0.1, 0.15) is 46.1 Å². The van der Waals surface area contributed by atoms with Crippen molar-refractivity contribution in [1.29, 1.82) is 0 Å². The number of hydrogen-bond acceptors (Lipinski definition) is 4. The maximum atomic E-state index is 11.3. The molecule has 0 aromatic carbocycles. The van der Waals surface area contributed by atoms with E-state index in [9.17, 15) is 4.79 Å². The fraction of sp³-hybridized carbons (Fsp3) is 0.643. The van der Waals surface area contributed by atoms with E-state index in [1.54, 1.807) is 11.3 Å². The zero-order valence-corrected chi connectivity index (χ0v) is 12.8. The summed E-state index contributed by atoms with van der Waals surface area (Å²) in [5, 5.41) is 4.02. The molecule has 3 nitrogen and oxygen atoms in total. The Morgan fingerprint density at radius 3 is 2.33 bits per heavy atom. The van der Waals surface area contributed by atoms with Crippen molar-refractivity contribution in [2.24, 2.45) is 0 Å². The first-order valence-corrected chi connectivity index (χ1v) is 7.44. The Kier molecular flexibility index (Phi) is 8.67. The quantitative estimate of drug-likeness (QED) is 0.776. The third-order valence-electron chi connectivity index (χ3n) is 2.36. The second-order valence-corrected chi connectivity index (χ2v) is 4.19. The van der Waals surface area contributed by atoms with Crippen molar-refractivity contribution >= 4 is 17.3 Å². The van der Waals surface area contributed by atoms with E-state index in [1.165, 1.54) is 7.11 Å². The van der Waals surface area contributed by atoms with E-state index in [1.807, 2.05) is 44.5 Å². The van der Waals surface area contributed by atoms with E-state index in [0.717, 1.165) is 18.4 Å². The molecular weight excluding hydrogens is 248 g/mol. The van der Waals surface area contributed by atoms with E-state index in [-0.39, 0.29) is 5.97 Å². The van der Waals surface area contributed by atoms with Gasteiger partial charge in [0.15, 0.2) is 5.60 Å². The molecule has 2 rings (SSSR count). The van der Waals surface area contributed by atoms with Crippen LogP contribution in [0.3, 0.4) is 0 Å². The van der Waals surface area contributed by atoms with Crippen molar-refractivity contribution < 1.29 is 14.3 Å². The van der Waals surface area contributed by atoms with Gasteiger partial charge in [0.2, 0.25) is 0 Å². The fourth-order valence-electron chi connectivity index (χ4n) is 1.30. The van der Waals surface area contributed by atoms with Crippen LogP contribution in [0.5, 0.6) is 0 Å². The van der Waals surface area contributed by atoms with Crippen LogP contribution in [-0.4, -0.2) is 18.7 Å². The summed E-state index contributed by atoms with van der Waals surface area (Å²) < 4.78 is 10.3. The maximum Gasteiger partial charge on any atom is 0.338 e. The lowest BCUT2D eigenvalue weighted by molar-refractivity contribution is -0.158. The molecule has 0 spiro atoms. The zero-order chi connectivity index (χ0) is 14.0. The molecule has 0 atom stereocenters. The monoisotopic (exact) mass is 272 g/mol. The summed E-state index contributed by atoms with van der Waals surface area (Å²) in [7, 11) is 1.40. The Morgan fingerprint density at radius 2 is 1.94 bits per heavy atom. The molecular formula is C14H24O3S. The highest BCUT2D eigenvalue weighted by atomic mass is 32.1. The number of rotatable bonds is 4. The topological polar surface area (TPSA) is 35.5 Å². The van der Waals surface area contributed by atoms with Gasteiger partial charge in [0.25, 0.3) is 0 Å². The van der Waals surface area contributed by atoms with E-state index >= 15 is 0 Å². The standard InChI is InChI=1S/C10H12O3S.2C2H6/c1-12-9(11)10(3-4-10)13-6-8-2-5-14-7-8;2*1-2/h2,5,7H,3-4,6H2,1H3;2*1-2H3. The van der Waals surface area contributed by atoms with Crippen molar-refractivity contribution in [2.75, 3.05) is 7.11 Å². The molecule has 4 heteroatoms. The molecule has 18 heavy (non-hydrogen) atoms. The maximum absolute atomic E-state index is 11.3. The highest BCUT2D eigenvalue weighted by Crippen LogP contribution is 2.41. The first kappa shape index (κ1) is 17.1. The minimum atomic E-state index is -0.628. The molecule has 0 aliphatic heterocycles.